The Morgan fingerprint density at radius 2 is 2.12 bits per heavy atom. The van der Waals surface area contributed by atoms with Crippen molar-refractivity contribution >= 4 is 33.6 Å². The molecule has 1 aliphatic rings. The fraction of sp³-hybridized carbons (Fsp3) is 0.300. The summed E-state index contributed by atoms with van der Waals surface area (Å²) in [6.45, 7) is 1.60. The maximum Gasteiger partial charge on any atom is 0.303 e. The number of nitrogens with zero attached hydrogens (tertiary/aromatic N) is 2. The van der Waals surface area contributed by atoms with E-state index in [4.69, 9.17) is 0 Å². The molecule has 1 aromatic rings. The summed E-state index contributed by atoms with van der Waals surface area (Å²) >= 11 is 3.25. The lowest BCUT2D eigenvalue weighted by molar-refractivity contribution is -0.384. The fourth-order valence-electron chi connectivity index (χ4n) is 1.69. The van der Waals surface area contributed by atoms with Crippen LogP contribution in [0.4, 0.5) is 11.4 Å². The molecule has 1 fully saturated rings. The first kappa shape index (κ1) is 11.1. The monoisotopic (exact) mass is 284 g/mol. The van der Waals surface area contributed by atoms with Crippen LogP contribution in [0.3, 0.4) is 0 Å². The van der Waals surface area contributed by atoms with Crippen LogP contribution in [-0.2, 0) is 0 Å². The van der Waals surface area contributed by atoms with Gasteiger partial charge in [0.1, 0.15) is 5.69 Å². The topological polar surface area (TPSA) is 63.5 Å². The summed E-state index contributed by atoms with van der Waals surface area (Å²) in [6.07, 6.45) is 1.55. The molecule has 0 aromatic heterocycles. The predicted molar refractivity (Wildman–Crippen MR) is 63.0 cm³/mol. The number of nitro benzene ring substituents is 1. The molecule has 0 amide bonds. The molecule has 1 heterocycles. The number of carbonyl (C=O) groups is 1. The van der Waals surface area contributed by atoms with Crippen LogP contribution in [0.5, 0.6) is 0 Å². The van der Waals surface area contributed by atoms with E-state index < -0.39 is 4.92 Å². The van der Waals surface area contributed by atoms with Crippen LogP contribution in [0.1, 0.15) is 16.8 Å². The van der Waals surface area contributed by atoms with Gasteiger partial charge in [0, 0.05) is 17.6 Å². The average molecular weight is 285 g/mol. The maximum absolute atomic E-state index is 11.0. The van der Waals surface area contributed by atoms with Gasteiger partial charge in [-0.2, -0.15) is 0 Å². The van der Waals surface area contributed by atoms with Crippen LogP contribution in [-0.4, -0.2) is 24.3 Å². The van der Waals surface area contributed by atoms with Gasteiger partial charge in [0.15, 0.2) is 6.29 Å². The second-order valence-electron chi connectivity index (χ2n) is 3.58. The Morgan fingerprint density at radius 1 is 1.44 bits per heavy atom. The van der Waals surface area contributed by atoms with Gasteiger partial charge in [0.2, 0.25) is 0 Å². The Kier molecular flexibility index (Phi) is 2.91. The molecule has 0 N–H and O–H groups in total. The number of nitro groups is 1. The first-order chi connectivity index (χ1) is 7.63. The molecule has 1 aromatic carbocycles. The molecule has 0 saturated carbocycles. The van der Waals surface area contributed by atoms with Gasteiger partial charge in [-0.05, 0) is 18.6 Å². The van der Waals surface area contributed by atoms with Gasteiger partial charge in [0.25, 0.3) is 0 Å². The van der Waals surface area contributed by atoms with E-state index in [1.54, 1.807) is 6.07 Å². The lowest BCUT2D eigenvalue weighted by Gasteiger charge is -2.32. The molecule has 0 spiro atoms. The van der Waals surface area contributed by atoms with Crippen molar-refractivity contribution in [2.24, 2.45) is 0 Å². The van der Waals surface area contributed by atoms with Crippen molar-refractivity contribution in [3.05, 3.63) is 32.3 Å². The highest BCUT2D eigenvalue weighted by atomic mass is 79.9. The van der Waals surface area contributed by atoms with Gasteiger partial charge >= 0.3 is 5.69 Å². The zero-order valence-corrected chi connectivity index (χ0v) is 9.94. The molecule has 2 rings (SSSR count). The minimum absolute atomic E-state index is 0.0992. The molecule has 16 heavy (non-hydrogen) atoms. The number of benzene rings is 1. The summed E-state index contributed by atoms with van der Waals surface area (Å²) in [5.74, 6) is 0. The van der Waals surface area contributed by atoms with Crippen molar-refractivity contribution in [3.63, 3.8) is 0 Å². The molecule has 5 nitrogen and oxygen atoms in total. The largest absolute Gasteiger partial charge is 0.366 e. The summed E-state index contributed by atoms with van der Waals surface area (Å²) in [5, 5.41) is 11.0. The van der Waals surface area contributed by atoms with Crippen LogP contribution in [0, 0.1) is 10.1 Å². The predicted octanol–water partition coefficient (Wildman–Crippen LogP) is 2.38. The molecular weight excluding hydrogens is 276 g/mol. The van der Waals surface area contributed by atoms with E-state index in [0.717, 1.165) is 19.5 Å². The van der Waals surface area contributed by atoms with Crippen LogP contribution in [0.15, 0.2) is 16.6 Å². The highest BCUT2D eigenvalue weighted by molar-refractivity contribution is 9.10. The lowest BCUT2D eigenvalue weighted by Crippen LogP contribution is -2.37. The lowest BCUT2D eigenvalue weighted by atomic mass is 10.1. The van der Waals surface area contributed by atoms with Crippen LogP contribution >= 0.6 is 15.9 Å². The SMILES string of the molecule is O=Cc1cc(Br)cc(N2CCC2)c1[N+](=O)[O-]. The Morgan fingerprint density at radius 3 is 2.56 bits per heavy atom. The number of aldehydes is 1. The first-order valence-corrected chi connectivity index (χ1v) is 5.61. The summed E-state index contributed by atoms with van der Waals surface area (Å²) in [7, 11) is 0. The molecule has 0 aliphatic carbocycles. The molecule has 1 aliphatic heterocycles. The number of hydrogen-bond acceptors (Lipinski definition) is 4. The van der Waals surface area contributed by atoms with E-state index >= 15 is 0 Å². The second-order valence-corrected chi connectivity index (χ2v) is 4.49. The van der Waals surface area contributed by atoms with Gasteiger partial charge in [-0.15, -0.1) is 0 Å². The van der Waals surface area contributed by atoms with Crippen molar-refractivity contribution in [3.8, 4) is 0 Å². The van der Waals surface area contributed by atoms with E-state index in [1.807, 2.05) is 4.90 Å². The molecule has 0 atom stereocenters. The quantitative estimate of drug-likeness (QED) is 0.486. The van der Waals surface area contributed by atoms with Crippen molar-refractivity contribution in [1.82, 2.24) is 0 Å². The fourth-order valence-corrected chi connectivity index (χ4v) is 2.16. The van der Waals surface area contributed by atoms with Gasteiger partial charge < -0.3 is 4.90 Å². The third kappa shape index (κ3) is 1.80. The Balaban J connectivity index is 2.59. The normalized spacial score (nSPS) is 14.4. The zero-order valence-electron chi connectivity index (χ0n) is 8.35. The molecule has 1 saturated heterocycles. The number of hydrogen-bond donors (Lipinski definition) is 0. The summed E-state index contributed by atoms with van der Waals surface area (Å²) in [4.78, 5) is 23.2. The highest BCUT2D eigenvalue weighted by Gasteiger charge is 2.27. The maximum atomic E-state index is 11.0. The smallest absolute Gasteiger partial charge is 0.303 e. The standard InChI is InChI=1S/C10H9BrN2O3/c11-8-4-7(6-14)10(13(15)16)9(5-8)12-2-1-3-12/h4-6H,1-3H2. The van der Waals surface area contributed by atoms with Crippen molar-refractivity contribution in [1.29, 1.82) is 0 Å². The van der Waals surface area contributed by atoms with E-state index in [9.17, 15) is 14.9 Å². The highest BCUT2D eigenvalue weighted by Crippen LogP contribution is 2.36. The van der Waals surface area contributed by atoms with Gasteiger partial charge in [0.05, 0.1) is 10.5 Å². The number of halogens is 1. The summed E-state index contributed by atoms with van der Waals surface area (Å²) < 4.78 is 0.683. The van der Waals surface area contributed by atoms with Gasteiger partial charge in [-0.1, -0.05) is 15.9 Å². The minimum Gasteiger partial charge on any atom is -0.366 e. The zero-order chi connectivity index (χ0) is 11.7. The third-order valence-corrected chi connectivity index (χ3v) is 3.05. The number of carbonyl (C=O) groups excluding carboxylic acids is 1. The average Bonchev–Trinajstić information content (AvgIpc) is 2.13. The van der Waals surface area contributed by atoms with Gasteiger partial charge in [-0.25, -0.2) is 0 Å². The Hall–Kier alpha value is -1.43. The summed E-state index contributed by atoms with van der Waals surface area (Å²) in [6, 6.07) is 3.15. The van der Waals surface area contributed by atoms with E-state index in [1.165, 1.54) is 6.07 Å². The number of rotatable bonds is 3. The number of anilines is 1. The van der Waals surface area contributed by atoms with Crippen molar-refractivity contribution in [2.75, 3.05) is 18.0 Å². The van der Waals surface area contributed by atoms with Crippen LogP contribution in [0.2, 0.25) is 0 Å². The van der Waals surface area contributed by atoms with E-state index in [0.29, 0.717) is 16.4 Å². The summed E-state index contributed by atoms with van der Waals surface area (Å²) in [5.41, 5.74) is 0.534. The van der Waals surface area contributed by atoms with Crippen molar-refractivity contribution in [2.45, 2.75) is 6.42 Å². The minimum atomic E-state index is -0.496. The molecule has 6 heteroatoms. The van der Waals surface area contributed by atoms with E-state index in [2.05, 4.69) is 15.9 Å². The van der Waals surface area contributed by atoms with Gasteiger partial charge in [-0.3, -0.25) is 14.9 Å². The second kappa shape index (κ2) is 4.21. The molecule has 84 valence electrons. The Bertz CT molecular complexity index is 458. The molecule has 0 unspecified atom stereocenters. The third-order valence-electron chi connectivity index (χ3n) is 2.59. The van der Waals surface area contributed by atoms with E-state index in [-0.39, 0.29) is 11.3 Å². The molecule has 0 bridgehead atoms. The van der Waals surface area contributed by atoms with Crippen LogP contribution < -0.4 is 4.90 Å². The van der Waals surface area contributed by atoms with Crippen molar-refractivity contribution < 1.29 is 9.72 Å². The molecule has 0 radical (unpaired) electrons. The first-order valence-electron chi connectivity index (χ1n) is 4.81. The van der Waals surface area contributed by atoms with Crippen LogP contribution in [0.25, 0.3) is 0 Å². The Labute approximate surface area is 100 Å². The molecular formula is C10H9BrN2O3.